The molecule has 19 heavy (non-hydrogen) atoms. The number of alkyl halides is 1. The van der Waals surface area contributed by atoms with Gasteiger partial charge in [-0.15, -0.1) is 11.6 Å². The predicted octanol–water partition coefficient (Wildman–Crippen LogP) is 1.69. The summed E-state index contributed by atoms with van der Waals surface area (Å²) in [6, 6.07) is 0.210. The molecule has 1 aromatic rings. The molecule has 0 unspecified atom stereocenters. The number of hydrogen-bond donors (Lipinski definition) is 0. The van der Waals surface area contributed by atoms with Crippen LogP contribution in [0.1, 0.15) is 25.7 Å². The molecule has 1 heterocycles. The van der Waals surface area contributed by atoms with Gasteiger partial charge in [0.1, 0.15) is 4.90 Å². The van der Waals surface area contributed by atoms with Crippen LogP contribution in [0.2, 0.25) is 0 Å². The Kier molecular flexibility index (Phi) is 3.57. The van der Waals surface area contributed by atoms with Crippen LogP contribution < -0.4 is 0 Å². The van der Waals surface area contributed by atoms with Gasteiger partial charge in [0.25, 0.3) is 0 Å². The highest BCUT2D eigenvalue weighted by atomic mass is 35.5. The van der Waals surface area contributed by atoms with E-state index in [1.54, 1.807) is 15.2 Å². The van der Waals surface area contributed by atoms with Crippen molar-refractivity contribution in [3.63, 3.8) is 0 Å². The van der Waals surface area contributed by atoms with Crippen LogP contribution in [0.25, 0.3) is 0 Å². The van der Waals surface area contributed by atoms with Gasteiger partial charge in [0.15, 0.2) is 0 Å². The van der Waals surface area contributed by atoms with E-state index in [0.29, 0.717) is 29.8 Å². The number of aromatic nitrogens is 2. The van der Waals surface area contributed by atoms with Crippen LogP contribution in [0.3, 0.4) is 0 Å². The molecule has 0 radical (unpaired) electrons. The second-order valence-electron chi connectivity index (χ2n) is 5.38. The van der Waals surface area contributed by atoms with Crippen LogP contribution in [-0.4, -0.2) is 41.0 Å². The first kappa shape index (κ1) is 13.4. The Labute approximate surface area is 118 Å². The summed E-state index contributed by atoms with van der Waals surface area (Å²) in [7, 11) is -3.38. The standard InChI is InChI=1S/C12H18ClN3O2S/c13-5-6-15-9-12(7-14-15)19(17,18)16(11-3-4-11)8-10-1-2-10/h7,9-11H,1-6,8H2. The van der Waals surface area contributed by atoms with Gasteiger partial charge in [0, 0.05) is 24.7 Å². The van der Waals surface area contributed by atoms with Crippen LogP contribution in [0.15, 0.2) is 17.3 Å². The molecule has 0 saturated heterocycles. The predicted molar refractivity (Wildman–Crippen MR) is 72.6 cm³/mol. The normalized spacial score (nSPS) is 20.1. The molecule has 0 aliphatic heterocycles. The molecule has 3 rings (SSSR count). The van der Waals surface area contributed by atoms with Gasteiger partial charge in [0.2, 0.25) is 10.0 Å². The van der Waals surface area contributed by atoms with Gasteiger partial charge >= 0.3 is 0 Å². The Balaban J connectivity index is 1.81. The number of aryl methyl sites for hydroxylation is 1. The lowest BCUT2D eigenvalue weighted by molar-refractivity contribution is 0.388. The van der Waals surface area contributed by atoms with Gasteiger partial charge < -0.3 is 0 Å². The summed E-state index contributed by atoms with van der Waals surface area (Å²) in [5.41, 5.74) is 0. The Morgan fingerprint density at radius 1 is 1.37 bits per heavy atom. The third-order valence-electron chi connectivity index (χ3n) is 3.62. The highest BCUT2D eigenvalue weighted by molar-refractivity contribution is 7.89. The van der Waals surface area contributed by atoms with E-state index < -0.39 is 10.0 Å². The third kappa shape index (κ3) is 2.95. The van der Waals surface area contributed by atoms with E-state index in [9.17, 15) is 8.42 Å². The van der Waals surface area contributed by atoms with E-state index in [0.717, 1.165) is 25.7 Å². The van der Waals surface area contributed by atoms with Crippen LogP contribution in [0, 0.1) is 5.92 Å². The summed E-state index contributed by atoms with van der Waals surface area (Å²) in [5, 5.41) is 4.06. The maximum Gasteiger partial charge on any atom is 0.246 e. The Morgan fingerprint density at radius 3 is 2.68 bits per heavy atom. The molecule has 0 bridgehead atoms. The van der Waals surface area contributed by atoms with Crippen molar-refractivity contribution in [3.8, 4) is 0 Å². The monoisotopic (exact) mass is 303 g/mol. The van der Waals surface area contributed by atoms with Crippen molar-refractivity contribution < 1.29 is 8.42 Å². The van der Waals surface area contributed by atoms with Crippen molar-refractivity contribution >= 4 is 21.6 Å². The molecule has 0 aromatic carbocycles. The largest absolute Gasteiger partial charge is 0.270 e. The summed E-state index contributed by atoms with van der Waals surface area (Å²) in [6.45, 7) is 1.21. The second kappa shape index (κ2) is 5.07. The average molecular weight is 304 g/mol. The molecule has 106 valence electrons. The molecule has 2 aliphatic carbocycles. The summed E-state index contributed by atoms with van der Waals surface area (Å²) >= 11 is 5.64. The van der Waals surface area contributed by atoms with Gasteiger partial charge in [-0.2, -0.15) is 9.40 Å². The molecular weight excluding hydrogens is 286 g/mol. The molecule has 0 amide bonds. The van der Waals surface area contributed by atoms with Crippen LogP contribution in [0.5, 0.6) is 0 Å². The molecule has 5 nitrogen and oxygen atoms in total. The smallest absolute Gasteiger partial charge is 0.246 e. The number of nitrogens with zero attached hydrogens (tertiary/aromatic N) is 3. The zero-order chi connectivity index (χ0) is 13.5. The highest BCUT2D eigenvalue weighted by Gasteiger charge is 2.41. The number of rotatable bonds is 7. The minimum Gasteiger partial charge on any atom is -0.270 e. The SMILES string of the molecule is O=S(=O)(c1cnn(CCCl)c1)N(CC1CC1)C1CC1. The highest BCUT2D eigenvalue weighted by Crippen LogP contribution is 2.37. The first-order valence-corrected chi connectivity index (χ1v) is 8.69. The summed E-state index contributed by atoms with van der Waals surface area (Å²) < 4.78 is 28.5. The quantitative estimate of drug-likeness (QED) is 0.720. The van der Waals surface area contributed by atoms with Crippen LogP contribution >= 0.6 is 11.6 Å². The van der Waals surface area contributed by atoms with Gasteiger partial charge in [-0.1, -0.05) is 0 Å². The van der Waals surface area contributed by atoms with E-state index in [-0.39, 0.29) is 6.04 Å². The van der Waals surface area contributed by atoms with Gasteiger partial charge in [-0.25, -0.2) is 8.42 Å². The van der Waals surface area contributed by atoms with E-state index in [2.05, 4.69) is 5.10 Å². The van der Waals surface area contributed by atoms with Gasteiger partial charge in [0.05, 0.1) is 12.7 Å². The fraction of sp³-hybridized carbons (Fsp3) is 0.750. The lowest BCUT2D eigenvalue weighted by Crippen LogP contribution is -2.34. The first-order chi connectivity index (χ1) is 9.11. The first-order valence-electron chi connectivity index (χ1n) is 6.71. The average Bonchev–Trinajstić information content (AvgIpc) is 3.27. The number of halogens is 1. The van der Waals surface area contributed by atoms with E-state index >= 15 is 0 Å². The lowest BCUT2D eigenvalue weighted by Gasteiger charge is -2.20. The molecular formula is C12H18ClN3O2S. The Morgan fingerprint density at radius 2 is 2.11 bits per heavy atom. The van der Waals surface area contributed by atoms with E-state index in [4.69, 9.17) is 11.6 Å². The molecule has 0 N–H and O–H groups in total. The van der Waals surface area contributed by atoms with Crippen LogP contribution in [0.4, 0.5) is 0 Å². The molecule has 2 fully saturated rings. The molecule has 0 atom stereocenters. The van der Waals surface area contributed by atoms with Crippen molar-refractivity contribution in [1.82, 2.24) is 14.1 Å². The fourth-order valence-corrected chi connectivity index (χ4v) is 4.07. The molecule has 0 spiro atoms. The van der Waals surface area contributed by atoms with Crippen molar-refractivity contribution in [2.75, 3.05) is 12.4 Å². The minimum absolute atomic E-state index is 0.210. The Hall–Kier alpha value is -0.590. The summed E-state index contributed by atoms with van der Waals surface area (Å²) in [5.74, 6) is 0.989. The Bertz CT molecular complexity index is 549. The van der Waals surface area contributed by atoms with E-state index in [1.165, 1.54) is 6.20 Å². The molecule has 7 heteroatoms. The molecule has 1 aromatic heterocycles. The molecule has 2 aliphatic rings. The van der Waals surface area contributed by atoms with Crippen LogP contribution in [-0.2, 0) is 16.6 Å². The zero-order valence-corrected chi connectivity index (χ0v) is 12.3. The van der Waals surface area contributed by atoms with Crippen molar-refractivity contribution in [1.29, 1.82) is 0 Å². The number of hydrogen-bond acceptors (Lipinski definition) is 3. The topological polar surface area (TPSA) is 55.2 Å². The summed E-state index contributed by atoms with van der Waals surface area (Å²) in [4.78, 5) is 0.296. The maximum atomic E-state index is 12.6. The third-order valence-corrected chi connectivity index (χ3v) is 5.66. The second-order valence-corrected chi connectivity index (χ2v) is 7.65. The van der Waals surface area contributed by atoms with Gasteiger partial charge in [-0.3, -0.25) is 4.68 Å². The number of sulfonamides is 1. The van der Waals surface area contributed by atoms with Crippen molar-refractivity contribution in [2.24, 2.45) is 5.92 Å². The maximum absolute atomic E-state index is 12.6. The minimum atomic E-state index is -3.38. The lowest BCUT2D eigenvalue weighted by atomic mass is 10.4. The van der Waals surface area contributed by atoms with E-state index in [1.807, 2.05) is 0 Å². The van der Waals surface area contributed by atoms with Crippen molar-refractivity contribution in [3.05, 3.63) is 12.4 Å². The summed E-state index contributed by atoms with van der Waals surface area (Å²) in [6.07, 6.45) is 7.31. The molecule has 2 saturated carbocycles. The van der Waals surface area contributed by atoms with Gasteiger partial charge in [-0.05, 0) is 31.6 Å². The van der Waals surface area contributed by atoms with Crippen molar-refractivity contribution in [2.45, 2.75) is 43.2 Å². The fourth-order valence-electron chi connectivity index (χ4n) is 2.18. The zero-order valence-electron chi connectivity index (χ0n) is 10.7.